The first-order valence-corrected chi connectivity index (χ1v) is 10.7. The molecular formula is C23H27N7O2. The summed E-state index contributed by atoms with van der Waals surface area (Å²) in [6, 6.07) is 12.0. The zero-order valence-electron chi connectivity index (χ0n) is 18.8. The average Bonchev–Trinajstić information content (AvgIpc) is 3.47. The number of nitrogens with zero attached hydrogens (tertiary/aromatic N) is 6. The fraction of sp³-hybridized carbons (Fsp3) is 0.348. The molecule has 1 N–H and O–H groups in total. The second kappa shape index (κ2) is 9.17. The second-order valence-corrected chi connectivity index (χ2v) is 7.72. The lowest BCUT2D eigenvalue weighted by Gasteiger charge is -2.07. The number of aryl methyl sites for hydroxylation is 4. The van der Waals surface area contributed by atoms with Crippen molar-refractivity contribution in [2.75, 3.05) is 5.32 Å². The van der Waals surface area contributed by atoms with E-state index in [1.54, 1.807) is 0 Å². The Morgan fingerprint density at radius 1 is 1.06 bits per heavy atom. The lowest BCUT2D eigenvalue weighted by atomic mass is 10.2. The molecule has 0 aliphatic rings. The molecule has 1 amide bonds. The molecule has 3 aromatic heterocycles. The van der Waals surface area contributed by atoms with Crippen molar-refractivity contribution >= 4 is 11.6 Å². The molecule has 0 aliphatic heterocycles. The van der Waals surface area contributed by atoms with E-state index in [9.17, 15) is 4.79 Å². The number of carbonyl (C=O) groups is 1. The largest absolute Gasteiger partial charge is 0.419 e. The fourth-order valence-electron chi connectivity index (χ4n) is 3.63. The van der Waals surface area contributed by atoms with E-state index >= 15 is 0 Å². The van der Waals surface area contributed by atoms with Crippen LogP contribution in [0, 0.1) is 20.8 Å². The minimum Gasteiger partial charge on any atom is -0.419 e. The summed E-state index contributed by atoms with van der Waals surface area (Å²) in [4.78, 5) is 12.6. The molecule has 0 spiro atoms. The zero-order valence-corrected chi connectivity index (χ0v) is 18.8. The van der Waals surface area contributed by atoms with Crippen molar-refractivity contribution in [1.29, 1.82) is 0 Å². The van der Waals surface area contributed by atoms with Crippen molar-refractivity contribution in [3.05, 3.63) is 64.9 Å². The van der Waals surface area contributed by atoms with Gasteiger partial charge >= 0.3 is 0 Å². The van der Waals surface area contributed by atoms with Crippen LogP contribution in [-0.4, -0.2) is 35.7 Å². The smallest absolute Gasteiger partial charge is 0.265 e. The number of carbonyl (C=O) groups excluding carboxylic acids is 1. The first kappa shape index (κ1) is 21.5. The molecule has 0 fully saturated rings. The Hall–Kier alpha value is -3.75. The summed E-state index contributed by atoms with van der Waals surface area (Å²) in [7, 11) is 0. The van der Waals surface area contributed by atoms with Crippen molar-refractivity contribution in [3.63, 3.8) is 0 Å². The van der Waals surface area contributed by atoms with Crippen molar-refractivity contribution in [2.45, 2.75) is 53.6 Å². The van der Waals surface area contributed by atoms with E-state index in [1.807, 2.05) is 61.3 Å². The Labute approximate surface area is 186 Å². The molecule has 1 aromatic carbocycles. The summed E-state index contributed by atoms with van der Waals surface area (Å²) in [6.45, 7) is 9.14. The number of benzene rings is 1. The Balaban J connectivity index is 1.38. The Morgan fingerprint density at radius 2 is 1.84 bits per heavy atom. The van der Waals surface area contributed by atoms with Crippen LogP contribution in [-0.2, 0) is 24.3 Å². The van der Waals surface area contributed by atoms with Gasteiger partial charge in [-0.05, 0) is 39.3 Å². The van der Waals surface area contributed by atoms with Crippen molar-refractivity contribution in [2.24, 2.45) is 0 Å². The van der Waals surface area contributed by atoms with Gasteiger partial charge in [0.15, 0.2) is 0 Å². The van der Waals surface area contributed by atoms with Crippen LogP contribution in [0.15, 0.2) is 40.8 Å². The van der Waals surface area contributed by atoms with E-state index in [0.717, 1.165) is 34.0 Å². The average molecular weight is 434 g/mol. The molecule has 9 nitrogen and oxygen atoms in total. The molecule has 0 aliphatic carbocycles. The topological polar surface area (TPSA) is 104 Å². The molecule has 166 valence electrons. The molecule has 9 heteroatoms. The van der Waals surface area contributed by atoms with Gasteiger partial charge in [-0.1, -0.05) is 30.3 Å². The number of rotatable bonds is 8. The fourth-order valence-corrected chi connectivity index (χ4v) is 3.63. The molecule has 0 radical (unpaired) electrons. The van der Waals surface area contributed by atoms with Gasteiger partial charge in [0, 0.05) is 19.4 Å². The van der Waals surface area contributed by atoms with Crippen LogP contribution < -0.4 is 5.32 Å². The van der Waals surface area contributed by atoms with Gasteiger partial charge in [0.05, 0.1) is 29.3 Å². The summed E-state index contributed by atoms with van der Waals surface area (Å²) >= 11 is 0. The predicted octanol–water partition coefficient (Wildman–Crippen LogP) is 3.69. The van der Waals surface area contributed by atoms with Gasteiger partial charge in [-0.2, -0.15) is 10.2 Å². The van der Waals surface area contributed by atoms with Crippen LogP contribution in [0.3, 0.4) is 0 Å². The quantitative estimate of drug-likeness (QED) is 0.454. The summed E-state index contributed by atoms with van der Waals surface area (Å²) in [5.41, 5.74) is 5.28. The highest BCUT2D eigenvalue weighted by atomic mass is 16.4. The van der Waals surface area contributed by atoms with E-state index in [2.05, 4.69) is 37.8 Å². The predicted molar refractivity (Wildman–Crippen MR) is 120 cm³/mol. The number of amides is 1. The standard InChI is InChI=1S/C23H27N7O2/c1-5-29-19(13-15(2)27-29)23-26-25-21(32-23)12-11-20(31)24-22-16(3)28-30(17(22)4)14-18-9-7-6-8-10-18/h6-10,13H,5,11-12,14H2,1-4H3,(H,24,31). The van der Waals surface area contributed by atoms with Gasteiger partial charge < -0.3 is 9.73 Å². The highest BCUT2D eigenvalue weighted by Gasteiger charge is 2.17. The first-order valence-electron chi connectivity index (χ1n) is 10.7. The Kier molecular flexibility index (Phi) is 6.16. The van der Waals surface area contributed by atoms with Crippen molar-refractivity contribution < 1.29 is 9.21 Å². The maximum absolute atomic E-state index is 12.6. The van der Waals surface area contributed by atoms with Gasteiger partial charge in [0.25, 0.3) is 5.89 Å². The lowest BCUT2D eigenvalue weighted by Crippen LogP contribution is -2.14. The van der Waals surface area contributed by atoms with Gasteiger partial charge in [0.2, 0.25) is 11.8 Å². The third kappa shape index (κ3) is 4.61. The highest BCUT2D eigenvalue weighted by Crippen LogP contribution is 2.22. The molecule has 32 heavy (non-hydrogen) atoms. The van der Waals surface area contributed by atoms with Gasteiger partial charge in [-0.25, -0.2) is 0 Å². The Morgan fingerprint density at radius 3 is 2.59 bits per heavy atom. The van der Waals surface area contributed by atoms with E-state index in [4.69, 9.17) is 4.42 Å². The monoisotopic (exact) mass is 433 g/mol. The maximum Gasteiger partial charge on any atom is 0.265 e. The van der Waals surface area contributed by atoms with Crippen molar-refractivity contribution in [3.8, 4) is 11.6 Å². The molecule has 0 saturated heterocycles. The highest BCUT2D eigenvalue weighted by molar-refractivity contribution is 5.92. The molecule has 0 bridgehead atoms. The van der Waals surface area contributed by atoms with Gasteiger partial charge in [0.1, 0.15) is 5.69 Å². The number of nitrogens with one attached hydrogen (secondary N) is 1. The third-order valence-corrected chi connectivity index (χ3v) is 5.27. The molecule has 4 rings (SSSR count). The first-order chi connectivity index (χ1) is 15.4. The molecule has 0 atom stereocenters. The van der Waals surface area contributed by atoms with Gasteiger partial charge in [-0.15, -0.1) is 10.2 Å². The van der Waals surface area contributed by atoms with Crippen LogP contribution in [0.25, 0.3) is 11.6 Å². The number of hydrogen-bond acceptors (Lipinski definition) is 6. The zero-order chi connectivity index (χ0) is 22.7. The van der Waals surface area contributed by atoms with Crippen molar-refractivity contribution in [1.82, 2.24) is 29.8 Å². The third-order valence-electron chi connectivity index (χ3n) is 5.27. The van der Waals surface area contributed by atoms with Crippen LogP contribution >= 0.6 is 0 Å². The molecule has 0 unspecified atom stereocenters. The number of anilines is 1. The van der Waals surface area contributed by atoms with E-state index in [1.165, 1.54) is 0 Å². The van der Waals surface area contributed by atoms with E-state index < -0.39 is 0 Å². The van der Waals surface area contributed by atoms with Crippen LogP contribution in [0.4, 0.5) is 5.69 Å². The molecule has 3 heterocycles. The maximum atomic E-state index is 12.6. The normalized spacial score (nSPS) is 11.1. The molecule has 0 saturated carbocycles. The lowest BCUT2D eigenvalue weighted by molar-refractivity contribution is -0.116. The second-order valence-electron chi connectivity index (χ2n) is 7.72. The minimum atomic E-state index is -0.121. The summed E-state index contributed by atoms with van der Waals surface area (Å²) in [5, 5.41) is 20.2. The molecular weight excluding hydrogens is 406 g/mol. The van der Waals surface area contributed by atoms with Gasteiger partial charge in [-0.3, -0.25) is 14.2 Å². The summed E-state index contributed by atoms with van der Waals surface area (Å²) in [6.07, 6.45) is 0.588. The van der Waals surface area contributed by atoms with E-state index in [0.29, 0.717) is 31.3 Å². The molecule has 4 aromatic rings. The Bertz CT molecular complexity index is 1220. The number of aromatic nitrogens is 6. The minimum absolute atomic E-state index is 0.121. The summed E-state index contributed by atoms with van der Waals surface area (Å²) < 4.78 is 9.49. The van der Waals surface area contributed by atoms with Crippen LogP contribution in [0.1, 0.15) is 41.9 Å². The number of hydrogen-bond donors (Lipinski definition) is 1. The SMILES string of the molecule is CCn1nc(C)cc1-c1nnc(CCC(=O)Nc2c(C)nn(Cc3ccccc3)c2C)o1. The summed E-state index contributed by atoms with van der Waals surface area (Å²) in [5.74, 6) is 0.714. The van der Waals surface area contributed by atoms with E-state index in [-0.39, 0.29) is 12.3 Å². The van der Waals surface area contributed by atoms with Crippen LogP contribution in [0.5, 0.6) is 0 Å². The van der Waals surface area contributed by atoms with Crippen LogP contribution in [0.2, 0.25) is 0 Å².